The lowest BCUT2D eigenvalue weighted by molar-refractivity contribution is 0.414. The van der Waals surface area contributed by atoms with Crippen LogP contribution in [0.15, 0.2) is 45.3 Å². The number of fused-ring (bicyclic) bond motifs is 1. The highest BCUT2D eigenvalue weighted by atomic mass is 79.9. The summed E-state index contributed by atoms with van der Waals surface area (Å²) in [4.78, 5) is 4.45. The quantitative estimate of drug-likeness (QED) is 0.729. The van der Waals surface area contributed by atoms with Crippen LogP contribution in [0.2, 0.25) is 0 Å². The van der Waals surface area contributed by atoms with Crippen molar-refractivity contribution in [2.24, 2.45) is 0 Å². The van der Waals surface area contributed by atoms with Gasteiger partial charge in [0.05, 0.1) is 12.7 Å². The molecular weight excluding hydrogens is 308 g/mol. The third-order valence-corrected chi connectivity index (χ3v) is 3.30. The van der Waals surface area contributed by atoms with E-state index in [9.17, 15) is 0 Å². The van der Waals surface area contributed by atoms with Gasteiger partial charge in [0.15, 0.2) is 5.58 Å². The van der Waals surface area contributed by atoms with E-state index >= 15 is 0 Å². The number of nitrogen functional groups attached to an aromatic ring is 1. The molecule has 0 aliphatic heterocycles. The summed E-state index contributed by atoms with van der Waals surface area (Å²) in [7, 11) is 1.62. The maximum absolute atomic E-state index is 5.74. The predicted octanol–water partition coefficient (Wildman–Crippen LogP) is 3.85. The zero-order chi connectivity index (χ0) is 13.4. The molecular formula is C14H11BrN2O2. The highest BCUT2D eigenvalue weighted by Crippen LogP contribution is 2.34. The van der Waals surface area contributed by atoms with E-state index in [0.29, 0.717) is 22.9 Å². The second-order valence-corrected chi connectivity index (χ2v) is 5.01. The highest BCUT2D eigenvalue weighted by molar-refractivity contribution is 9.10. The van der Waals surface area contributed by atoms with Gasteiger partial charge in [0.25, 0.3) is 0 Å². The van der Waals surface area contributed by atoms with Gasteiger partial charge < -0.3 is 14.9 Å². The Kier molecular flexibility index (Phi) is 2.91. The van der Waals surface area contributed by atoms with E-state index in [1.165, 1.54) is 0 Å². The van der Waals surface area contributed by atoms with Gasteiger partial charge in [0, 0.05) is 16.2 Å². The second kappa shape index (κ2) is 4.59. The molecule has 0 saturated carbocycles. The summed E-state index contributed by atoms with van der Waals surface area (Å²) in [5.41, 5.74) is 8.61. The summed E-state index contributed by atoms with van der Waals surface area (Å²) in [6.45, 7) is 0. The number of anilines is 1. The molecule has 0 amide bonds. The summed E-state index contributed by atoms with van der Waals surface area (Å²) in [6.07, 6.45) is 0. The van der Waals surface area contributed by atoms with Crippen molar-refractivity contribution in [3.8, 4) is 17.2 Å². The molecule has 5 heteroatoms. The fourth-order valence-electron chi connectivity index (χ4n) is 1.90. The van der Waals surface area contributed by atoms with Gasteiger partial charge in [-0.25, -0.2) is 4.98 Å². The van der Waals surface area contributed by atoms with Crippen molar-refractivity contribution in [1.82, 2.24) is 4.98 Å². The van der Waals surface area contributed by atoms with E-state index < -0.39 is 0 Å². The largest absolute Gasteiger partial charge is 0.496 e. The highest BCUT2D eigenvalue weighted by Gasteiger charge is 2.13. The maximum atomic E-state index is 5.74. The van der Waals surface area contributed by atoms with E-state index in [4.69, 9.17) is 14.9 Å². The standard InChI is InChI=1S/C14H11BrN2O2/c1-18-12-5-2-8(15)6-10(12)14-17-11-4-3-9(16)7-13(11)19-14/h2-7H,16H2,1H3. The van der Waals surface area contributed by atoms with E-state index in [1.807, 2.05) is 24.3 Å². The molecule has 0 spiro atoms. The molecule has 96 valence electrons. The fourth-order valence-corrected chi connectivity index (χ4v) is 2.26. The first-order chi connectivity index (χ1) is 9.17. The first kappa shape index (κ1) is 12.0. The Morgan fingerprint density at radius 3 is 2.84 bits per heavy atom. The van der Waals surface area contributed by atoms with E-state index in [2.05, 4.69) is 20.9 Å². The first-order valence-corrected chi connectivity index (χ1v) is 6.46. The molecule has 0 radical (unpaired) electrons. The number of benzene rings is 2. The zero-order valence-electron chi connectivity index (χ0n) is 10.2. The Hall–Kier alpha value is -2.01. The van der Waals surface area contributed by atoms with Gasteiger partial charge in [0.1, 0.15) is 11.3 Å². The number of hydrogen-bond acceptors (Lipinski definition) is 4. The SMILES string of the molecule is COc1ccc(Br)cc1-c1nc2ccc(N)cc2o1. The Bertz CT molecular complexity index is 752. The lowest BCUT2D eigenvalue weighted by Crippen LogP contribution is -1.87. The monoisotopic (exact) mass is 318 g/mol. The minimum atomic E-state index is 0.513. The van der Waals surface area contributed by atoms with Crippen LogP contribution in [0.4, 0.5) is 5.69 Å². The minimum Gasteiger partial charge on any atom is -0.496 e. The molecule has 0 bridgehead atoms. The van der Waals surface area contributed by atoms with Crippen LogP contribution in [-0.2, 0) is 0 Å². The van der Waals surface area contributed by atoms with Gasteiger partial charge in [-0.15, -0.1) is 0 Å². The molecule has 1 heterocycles. The van der Waals surface area contributed by atoms with Crippen LogP contribution in [-0.4, -0.2) is 12.1 Å². The van der Waals surface area contributed by atoms with Crippen molar-refractivity contribution in [3.05, 3.63) is 40.9 Å². The van der Waals surface area contributed by atoms with Gasteiger partial charge in [-0.1, -0.05) is 15.9 Å². The van der Waals surface area contributed by atoms with Crippen LogP contribution < -0.4 is 10.5 Å². The summed E-state index contributed by atoms with van der Waals surface area (Å²) >= 11 is 3.43. The molecule has 0 aliphatic rings. The van der Waals surface area contributed by atoms with E-state index in [-0.39, 0.29) is 0 Å². The third kappa shape index (κ3) is 2.17. The average Bonchev–Trinajstić information content (AvgIpc) is 2.81. The Morgan fingerprint density at radius 2 is 2.05 bits per heavy atom. The smallest absolute Gasteiger partial charge is 0.231 e. The Labute approximate surface area is 118 Å². The number of halogens is 1. The van der Waals surface area contributed by atoms with Crippen LogP contribution in [0.5, 0.6) is 5.75 Å². The number of rotatable bonds is 2. The van der Waals surface area contributed by atoms with Crippen molar-refractivity contribution in [1.29, 1.82) is 0 Å². The van der Waals surface area contributed by atoms with Crippen LogP contribution in [0.25, 0.3) is 22.6 Å². The number of hydrogen-bond donors (Lipinski definition) is 1. The predicted molar refractivity (Wildman–Crippen MR) is 78.1 cm³/mol. The van der Waals surface area contributed by atoms with Gasteiger partial charge in [-0.2, -0.15) is 0 Å². The van der Waals surface area contributed by atoms with Gasteiger partial charge in [-0.05, 0) is 30.3 Å². The molecule has 0 aliphatic carbocycles. The topological polar surface area (TPSA) is 61.3 Å². The summed E-state index contributed by atoms with van der Waals surface area (Å²) < 4.78 is 12.0. The average molecular weight is 319 g/mol. The number of methoxy groups -OCH3 is 1. The van der Waals surface area contributed by atoms with Crippen molar-refractivity contribution in [3.63, 3.8) is 0 Å². The lowest BCUT2D eigenvalue weighted by Gasteiger charge is -2.05. The van der Waals surface area contributed by atoms with Gasteiger partial charge in [0.2, 0.25) is 5.89 Å². The Balaban J connectivity index is 2.21. The summed E-state index contributed by atoms with van der Waals surface area (Å²) in [5, 5.41) is 0. The molecule has 0 saturated heterocycles. The second-order valence-electron chi connectivity index (χ2n) is 4.09. The van der Waals surface area contributed by atoms with Crippen LogP contribution in [0.3, 0.4) is 0 Å². The van der Waals surface area contributed by atoms with E-state index in [0.717, 1.165) is 15.6 Å². The number of nitrogens with two attached hydrogens (primary N) is 1. The molecule has 3 rings (SSSR count). The zero-order valence-corrected chi connectivity index (χ0v) is 11.8. The Morgan fingerprint density at radius 1 is 1.21 bits per heavy atom. The molecule has 0 unspecified atom stereocenters. The molecule has 1 aromatic heterocycles. The maximum Gasteiger partial charge on any atom is 0.231 e. The molecule has 2 aromatic carbocycles. The molecule has 0 fully saturated rings. The van der Waals surface area contributed by atoms with Gasteiger partial charge in [-0.3, -0.25) is 0 Å². The number of oxazole rings is 1. The number of nitrogens with zero attached hydrogens (tertiary/aromatic N) is 1. The minimum absolute atomic E-state index is 0.513. The normalized spacial score (nSPS) is 10.8. The van der Waals surface area contributed by atoms with Crippen LogP contribution in [0.1, 0.15) is 0 Å². The van der Waals surface area contributed by atoms with Crippen molar-refractivity contribution < 1.29 is 9.15 Å². The fraction of sp³-hybridized carbons (Fsp3) is 0.0714. The summed E-state index contributed by atoms with van der Waals surface area (Å²) in [5.74, 6) is 1.22. The van der Waals surface area contributed by atoms with Crippen molar-refractivity contribution in [2.45, 2.75) is 0 Å². The number of aromatic nitrogens is 1. The van der Waals surface area contributed by atoms with Crippen molar-refractivity contribution in [2.75, 3.05) is 12.8 Å². The summed E-state index contributed by atoms with van der Waals surface area (Å²) in [6, 6.07) is 11.1. The van der Waals surface area contributed by atoms with Gasteiger partial charge >= 0.3 is 0 Å². The van der Waals surface area contributed by atoms with Crippen LogP contribution in [0, 0.1) is 0 Å². The molecule has 2 N–H and O–H groups in total. The lowest BCUT2D eigenvalue weighted by atomic mass is 10.2. The molecule has 4 nitrogen and oxygen atoms in total. The first-order valence-electron chi connectivity index (χ1n) is 5.67. The number of ether oxygens (including phenoxy) is 1. The van der Waals surface area contributed by atoms with E-state index in [1.54, 1.807) is 19.2 Å². The molecule has 19 heavy (non-hydrogen) atoms. The third-order valence-electron chi connectivity index (χ3n) is 2.80. The molecule has 3 aromatic rings. The molecule has 0 atom stereocenters. The van der Waals surface area contributed by atoms with Crippen molar-refractivity contribution >= 4 is 32.7 Å². The van der Waals surface area contributed by atoms with Crippen LogP contribution >= 0.6 is 15.9 Å².